The summed E-state index contributed by atoms with van der Waals surface area (Å²) in [4.78, 5) is 0. The maximum absolute atomic E-state index is 15.7. The van der Waals surface area contributed by atoms with Gasteiger partial charge in [0, 0.05) is 10.7 Å². The van der Waals surface area contributed by atoms with Crippen LogP contribution < -0.4 is 5.30 Å². The molecule has 0 aliphatic heterocycles. The first-order chi connectivity index (χ1) is 34.3. The number of halogens is 29. The van der Waals surface area contributed by atoms with E-state index in [2.05, 4.69) is 0 Å². The summed E-state index contributed by atoms with van der Waals surface area (Å²) < 4.78 is 439. The monoisotopic (exact) mass is 1110 g/mol. The van der Waals surface area contributed by atoms with E-state index in [4.69, 9.17) is 0 Å². The number of hydrogen-bond donors (Lipinski definition) is 0. The van der Waals surface area contributed by atoms with Crippen molar-refractivity contribution >= 4 is 36.1 Å². The first-order valence-electron chi connectivity index (χ1n) is 18.5. The van der Waals surface area contributed by atoms with Gasteiger partial charge in [-0.2, -0.15) is 0 Å². The minimum Gasteiger partial charge on any atom is -0.205 e. The standard InChI is InChI=1S/C44H2F29P/c45-15-1(17(47)20(50)5-2(15)35(65)40(70)41(71)36(5)66)4-18(48)23(53)7(24(54)19(4)49)9-27(57)31(61)11(32(62)28(9)58)12-33(63)29(59)10(30(60)34(12)64)8-25(55)21(51)6(22(52)26(8)56)3-16(46)13-14(44(74)39(3)69)38(68)43(73)42(72)37(13)67/h74H2. The second-order valence-corrected chi connectivity index (χ2v) is 15.3. The number of rotatable bonds is 5. The second-order valence-electron chi connectivity index (χ2n) is 14.8. The molecule has 0 amide bonds. The third-order valence-electron chi connectivity index (χ3n) is 11.1. The van der Waals surface area contributed by atoms with Crippen LogP contribution in [-0.2, 0) is 0 Å². The summed E-state index contributed by atoms with van der Waals surface area (Å²) in [6.07, 6.45) is 0. The van der Waals surface area contributed by atoms with E-state index in [0.717, 1.165) is 9.24 Å². The number of hydrogen-bond acceptors (Lipinski definition) is 0. The Bertz CT molecular complexity index is 3590. The molecule has 0 saturated carbocycles. The maximum atomic E-state index is 15.7. The topological polar surface area (TPSA) is 0 Å². The molecule has 1 atom stereocenters. The summed E-state index contributed by atoms with van der Waals surface area (Å²) in [5, 5.41) is -10.7. The lowest BCUT2D eigenvalue weighted by molar-refractivity contribution is 0.412. The van der Waals surface area contributed by atoms with Crippen molar-refractivity contribution in [3.8, 4) is 55.6 Å². The van der Waals surface area contributed by atoms with Crippen molar-refractivity contribution in [2.24, 2.45) is 0 Å². The minimum absolute atomic E-state index is 1.08. The Morgan fingerprint density at radius 2 is 0.243 bits per heavy atom. The Balaban J connectivity index is 1.32. The van der Waals surface area contributed by atoms with Gasteiger partial charge >= 0.3 is 0 Å². The van der Waals surface area contributed by atoms with Crippen molar-refractivity contribution in [2.75, 3.05) is 0 Å². The second kappa shape index (κ2) is 17.7. The molecular weight excluding hydrogens is 1110 g/mol. The fraction of sp³-hybridized carbons (Fsp3) is 0. The maximum Gasteiger partial charge on any atom is 0.198 e. The summed E-state index contributed by atoms with van der Waals surface area (Å²) in [7, 11) is 1.08. The van der Waals surface area contributed by atoms with Gasteiger partial charge < -0.3 is 0 Å². The van der Waals surface area contributed by atoms with Crippen molar-refractivity contribution < 1.29 is 127 Å². The summed E-state index contributed by atoms with van der Waals surface area (Å²) in [5.41, 5.74) is -29.6. The lowest BCUT2D eigenvalue weighted by Crippen LogP contribution is -2.15. The third-order valence-corrected chi connectivity index (χ3v) is 11.6. The molecule has 0 saturated heterocycles. The van der Waals surface area contributed by atoms with Crippen LogP contribution in [0.3, 0.4) is 0 Å². The molecule has 8 rings (SSSR count). The third kappa shape index (κ3) is 6.78. The molecule has 74 heavy (non-hydrogen) atoms. The normalized spacial score (nSPS) is 11.9. The lowest BCUT2D eigenvalue weighted by atomic mass is 9.90. The number of fused-ring (bicyclic) bond motifs is 2. The van der Waals surface area contributed by atoms with E-state index in [1.54, 1.807) is 0 Å². The fourth-order valence-corrected chi connectivity index (χ4v) is 8.18. The van der Waals surface area contributed by atoms with E-state index >= 15 is 87.8 Å². The van der Waals surface area contributed by atoms with E-state index < -0.39 is 251 Å². The molecule has 8 aromatic carbocycles. The van der Waals surface area contributed by atoms with Crippen LogP contribution in [0.1, 0.15) is 0 Å². The molecule has 0 radical (unpaired) electrons. The molecule has 0 fully saturated rings. The highest BCUT2D eigenvalue weighted by atomic mass is 31.0. The van der Waals surface area contributed by atoms with Crippen LogP contribution >= 0.6 is 9.24 Å². The highest BCUT2D eigenvalue weighted by molar-refractivity contribution is 7.28. The van der Waals surface area contributed by atoms with E-state index in [9.17, 15) is 39.5 Å². The molecule has 0 bridgehead atoms. The van der Waals surface area contributed by atoms with Crippen molar-refractivity contribution in [2.45, 2.75) is 0 Å². The molecule has 0 aliphatic carbocycles. The summed E-state index contributed by atoms with van der Waals surface area (Å²) in [5.74, 6) is -92.6. The van der Waals surface area contributed by atoms with Gasteiger partial charge in [0.25, 0.3) is 0 Å². The van der Waals surface area contributed by atoms with Crippen LogP contribution in [0.15, 0.2) is 0 Å². The van der Waals surface area contributed by atoms with E-state index in [0.29, 0.717) is 0 Å². The minimum atomic E-state index is -3.53. The van der Waals surface area contributed by atoms with Gasteiger partial charge in [0.2, 0.25) is 0 Å². The SMILES string of the molecule is Fc1c(F)c(-c2c(F)c(F)c(-c3c(F)c(F)c4c(F)c(F)c(F)c(F)c4c3F)c(F)c2F)c(F)c(F)c1-c1c(F)c(F)c(-c2c(F)c(F)c(-c3c(F)c(P)c4c(F)c(F)c(F)c(F)c4c3F)c(F)c2F)c(F)c1F. The van der Waals surface area contributed by atoms with Gasteiger partial charge in [-0.1, -0.05) is 0 Å². The first-order valence-corrected chi connectivity index (χ1v) is 19.1. The molecule has 0 aromatic heterocycles. The number of benzene rings is 8. The van der Waals surface area contributed by atoms with Gasteiger partial charge in [0.05, 0.1) is 71.8 Å². The zero-order chi connectivity index (χ0) is 55.4. The van der Waals surface area contributed by atoms with Gasteiger partial charge in [-0.05, 0) is 0 Å². The highest BCUT2D eigenvalue weighted by Crippen LogP contribution is 2.49. The van der Waals surface area contributed by atoms with Crippen LogP contribution in [0.2, 0.25) is 0 Å². The van der Waals surface area contributed by atoms with Crippen molar-refractivity contribution in [3.63, 3.8) is 0 Å². The molecule has 0 spiro atoms. The van der Waals surface area contributed by atoms with Gasteiger partial charge in [0.1, 0.15) is 17.5 Å². The zero-order valence-corrected chi connectivity index (χ0v) is 34.7. The quantitative estimate of drug-likeness (QED) is 0.0697. The first kappa shape index (κ1) is 53.0. The van der Waals surface area contributed by atoms with Crippen molar-refractivity contribution in [3.05, 3.63) is 169 Å². The predicted octanol–water partition coefficient (Wildman–Crippen LogP) is 15.9. The largest absolute Gasteiger partial charge is 0.205 e. The Morgan fingerprint density at radius 1 is 0.122 bits per heavy atom. The van der Waals surface area contributed by atoms with Crippen LogP contribution in [0, 0.1) is 169 Å². The Hall–Kier alpha value is -7.32. The van der Waals surface area contributed by atoms with Crippen LogP contribution in [-0.4, -0.2) is 0 Å². The van der Waals surface area contributed by atoms with Gasteiger partial charge in [-0.25, -0.2) is 127 Å². The average Bonchev–Trinajstić information content (AvgIpc) is 3.35. The van der Waals surface area contributed by atoms with Crippen molar-refractivity contribution in [1.29, 1.82) is 0 Å². The summed E-state index contributed by atoms with van der Waals surface area (Å²) in [6.45, 7) is 0. The van der Waals surface area contributed by atoms with Gasteiger partial charge in [-0.15, -0.1) is 9.24 Å². The summed E-state index contributed by atoms with van der Waals surface area (Å²) >= 11 is 0. The smallest absolute Gasteiger partial charge is 0.198 e. The highest BCUT2D eigenvalue weighted by Gasteiger charge is 2.42. The van der Waals surface area contributed by atoms with E-state index in [1.807, 2.05) is 0 Å². The van der Waals surface area contributed by atoms with E-state index in [1.165, 1.54) is 0 Å². The molecular formula is C44H2F29P. The molecule has 386 valence electrons. The van der Waals surface area contributed by atoms with Crippen LogP contribution in [0.5, 0.6) is 0 Å². The average molecular weight is 1110 g/mol. The molecule has 0 aliphatic rings. The van der Waals surface area contributed by atoms with Gasteiger partial charge in [-0.3, -0.25) is 0 Å². The summed E-state index contributed by atoms with van der Waals surface area (Å²) in [6, 6.07) is 0. The van der Waals surface area contributed by atoms with Gasteiger partial charge in [0.15, 0.2) is 151 Å². The molecule has 0 nitrogen and oxygen atoms in total. The molecule has 1 unspecified atom stereocenters. The van der Waals surface area contributed by atoms with E-state index in [-0.39, 0.29) is 0 Å². The van der Waals surface area contributed by atoms with Crippen molar-refractivity contribution in [1.82, 2.24) is 0 Å². The lowest BCUT2D eigenvalue weighted by Gasteiger charge is -2.19. The Kier molecular flexibility index (Phi) is 12.7. The van der Waals surface area contributed by atoms with Crippen LogP contribution in [0.4, 0.5) is 127 Å². The Morgan fingerprint density at radius 3 is 0.459 bits per heavy atom. The molecule has 8 aromatic rings. The molecule has 0 N–H and O–H groups in total. The fourth-order valence-electron chi connectivity index (χ4n) is 7.76. The molecule has 30 heteroatoms. The molecule has 0 heterocycles. The predicted molar refractivity (Wildman–Crippen MR) is 197 cm³/mol. The Labute approximate surface area is 387 Å². The van der Waals surface area contributed by atoms with Crippen LogP contribution in [0.25, 0.3) is 77.2 Å². The zero-order valence-electron chi connectivity index (χ0n) is 33.5.